The molecule has 0 radical (unpaired) electrons. The van der Waals surface area contributed by atoms with Crippen molar-refractivity contribution in [3.63, 3.8) is 0 Å². The van der Waals surface area contributed by atoms with Crippen molar-refractivity contribution in [2.75, 3.05) is 0 Å². The Kier molecular flexibility index (Phi) is 6.52. The molecule has 0 aromatic carbocycles. The summed E-state index contributed by atoms with van der Waals surface area (Å²) in [6, 6.07) is 0. The molecule has 0 N–H and O–H groups in total. The van der Waals surface area contributed by atoms with Gasteiger partial charge >= 0.3 is 5.97 Å². The van der Waals surface area contributed by atoms with Gasteiger partial charge in [-0.05, 0) is 32.1 Å². The molecule has 0 unspecified atom stereocenters. The number of rotatable bonds is 9. The summed E-state index contributed by atoms with van der Waals surface area (Å²) in [7, 11) is 0. The van der Waals surface area contributed by atoms with Gasteiger partial charge in [0.1, 0.15) is 11.7 Å². The fraction of sp³-hybridized carbons (Fsp3) is 0.857. The highest BCUT2D eigenvalue weighted by molar-refractivity contribution is 5.73. The van der Waals surface area contributed by atoms with Crippen molar-refractivity contribution < 1.29 is 14.3 Å². The van der Waals surface area contributed by atoms with Gasteiger partial charge in [0.2, 0.25) is 0 Å². The van der Waals surface area contributed by atoms with E-state index in [-0.39, 0.29) is 17.7 Å². The van der Waals surface area contributed by atoms with Crippen molar-refractivity contribution in [2.24, 2.45) is 5.92 Å². The molecular formula is C21H36O3. The molecule has 0 aromatic heterocycles. The summed E-state index contributed by atoms with van der Waals surface area (Å²) in [4.78, 5) is 11.7. The lowest BCUT2D eigenvalue weighted by Crippen LogP contribution is -2.35. The summed E-state index contributed by atoms with van der Waals surface area (Å²) in [6.45, 7) is 11.1. The Morgan fingerprint density at radius 2 is 2.04 bits per heavy atom. The molecule has 0 amide bonds. The number of allylic oxidation sites excluding steroid dienone is 1. The summed E-state index contributed by atoms with van der Waals surface area (Å²) in [5, 5.41) is 0. The van der Waals surface area contributed by atoms with Crippen LogP contribution in [0.15, 0.2) is 11.6 Å². The van der Waals surface area contributed by atoms with Crippen LogP contribution < -0.4 is 0 Å². The number of carbonyl (C=O) groups is 1. The number of hydrogen-bond acceptors (Lipinski definition) is 3. The summed E-state index contributed by atoms with van der Waals surface area (Å²) in [5.74, 6) is 0.673. The Hall–Kier alpha value is -0.830. The van der Waals surface area contributed by atoms with Crippen LogP contribution in [0.2, 0.25) is 0 Å². The van der Waals surface area contributed by atoms with E-state index in [9.17, 15) is 4.79 Å². The molecule has 2 heterocycles. The first-order valence-electron chi connectivity index (χ1n) is 10.0. The van der Waals surface area contributed by atoms with Crippen LogP contribution in [-0.4, -0.2) is 23.3 Å². The summed E-state index contributed by atoms with van der Waals surface area (Å²) in [6.07, 6.45) is 11.6. The molecule has 3 heteroatoms. The Morgan fingerprint density at radius 1 is 1.29 bits per heavy atom. The average Bonchev–Trinajstić information content (AvgIpc) is 3.01. The molecule has 3 nitrogen and oxygen atoms in total. The molecule has 2 rings (SSSR count). The van der Waals surface area contributed by atoms with Crippen molar-refractivity contribution in [3.05, 3.63) is 11.6 Å². The zero-order valence-corrected chi connectivity index (χ0v) is 16.3. The van der Waals surface area contributed by atoms with Gasteiger partial charge in [0.15, 0.2) is 0 Å². The molecule has 2 aliphatic rings. The Morgan fingerprint density at radius 3 is 2.58 bits per heavy atom. The molecular weight excluding hydrogens is 300 g/mol. The first-order valence-corrected chi connectivity index (χ1v) is 10.0. The van der Waals surface area contributed by atoms with Crippen LogP contribution in [0.5, 0.6) is 0 Å². The van der Waals surface area contributed by atoms with E-state index in [2.05, 4.69) is 40.7 Å². The zero-order valence-electron chi connectivity index (χ0n) is 16.3. The van der Waals surface area contributed by atoms with E-state index in [1.165, 1.54) is 31.3 Å². The first kappa shape index (κ1) is 19.5. The first-order chi connectivity index (χ1) is 11.4. The molecule has 0 aliphatic carbocycles. The van der Waals surface area contributed by atoms with E-state index in [4.69, 9.17) is 9.47 Å². The topological polar surface area (TPSA) is 35.5 Å². The van der Waals surface area contributed by atoms with Gasteiger partial charge in [-0.15, -0.1) is 0 Å². The van der Waals surface area contributed by atoms with Crippen LogP contribution in [-0.2, 0) is 14.3 Å². The third-order valence-corrected chi connectivity index (χ3v) is 6.09. The van der Waals surface area contributed by atoms with Crippen molar-refractivity contribution in [1.29, 1.82) is 0 Å². The van der Waals surface area contributed by atoms with Crippen LogP contribution in [0.4, 0.5) is 0 Å². The lowest BCUT2D eigenvalue weighted by molar-refractivity contribution is -0.149. The second kappa shape index (κ2) is 8.03. The maximum Gasteiger partial charge on any atom is 0.309 e. The number of fused-ring (bicyclic) bond motifs is 1. The number of esters is 1. The van der Waals surface area contributed by atoms with E-state index in [1.807, 2.05) is 0 Å². The highest BCUT2D eigenvalue weighted by atomic mass is 16.6. The minimum Gasteiger partial charge on any atom is -0.456 e. The molecule has 0 aromatic rings. The van der Waals surface area contributed by atoms with Gasteiger partial charge in [-0.3, -0.25) is 4.79 Å². The smallest absolute Gasteiger partial charge is 0.309 e. The predicted molar refractivity (Wildman–Crippen MR) is 97.9 cm³/mol. The number of unbranched alkanes of at least 4 members (excludes halogenated alkanes) is 1. The fourth-order valence-electron chi connectivity index (χ4n) is 4.53. The van der Waals surface area contributed by atoms with Crippen LogP contribution in [0, 0.1) is 5.92 Å². The van der Waals surface area contributed by atoms with E-state index in [0.29, 0.717) is 6.42 Å². The van der Waals surface area contributed by atoms with Gasteiger partial charge in [0.05, 0.1) is 12.0 Å². The second-order valence-corrected chi connectivity index (χ2v) is 7.91. The highest BCUT2D eigenvalue weighted by Crippen LogP contribution is 2.50. The van der Waals surface area contributed by atoms with Crippen LogP contribution in [0.3, 0.4) is 0 Å². The van der Waals surface area contributed by atoms with E-state index in [0.717, 1.165) is 31.6 Å². The van der Waals surface area contributed by atoms with Gasteiger partial charge in [-0.1, -0.05) is 65.0 Å². The summed E-state index contributed by atoms with van der Waals surface area (Å²) in [5.41, 5.74) is 0.780. The lowest BCUT2D eigenvalue weighted by Gasteiger charge is -2.28. The summed E-state index contributed by atoms with van der Waals surface area (Å²) >= 11 is 0. The molecule has 2 fully saturated rings. The minimum atomic E-state index is -0.393. The molecule has 0 saturated carbocycles. The van der Waals surface area contributed by atoms with E-state index in [1.54, 1.807) is 0 Å². The SMILES string of the molecule is CCCC[C@H](CC)C/C(C)=C/[C@@]1(CC)C[C@]2(CC)OC(=O)C[C@@H]2O1. The maximum absolute atomic E-state index is 11.7. The normalized spacial score (nSPS) is 34.3. The summed E-state index contributed by atoms with van der Waals surface area (Å²) < 4.78 is 12.2. The zero-order chi connectivity index (χ0) is 17.8. The molecule has 2 saturated heterocycles. The van der Waals surface area contributed by atoms with Crippen LogP contribution in [0.25, 0.3) is 0 Å². The molecule has 2 aliphatic heterocycles. The Balaban J connectivity index is 2.09. The van der Waals surface area contributed by atoms with E-state index >= 15 is 0 Å². The Bertz CT molecular complexity index is 470. The van der Waals surface area contributed by atoms with Gasteiger partial charge < -0.3 is 9.47 Å². The Labute approximate surface area is 148 Å². The standard InChI is InChI=1S/C21H36O3/c1-6-10-11-17(7-2)12-16(5)14-20(8-3)15-21(9-4)18(23-20)13-19(22)24-21/h14,17-18H,6-13,15H2,1-5H3/b16-14+/t17-,18-,20-,21-/m0/s1. The van der Waals surface area contributed by atoms with Crippen molar-refractivity contribution in [1.82, 2.24) is 0 Å². The highest BCUT2D eigenvalue weighted by Gasteiger charge is 2.60. The second-order valence-electron chi connectivity index (χ2n) is 7.91. The molecule has 138 valence electrons. The van der Waals surface area contributed by atoms with Gasteiger partial charge in [-0.25, -0.2) is 0 Å². The van der Waals surface area contributed by atoms with Crippen molar-refractivity contribution >= 4 is 5.97 Å². The van der Waals surface area contributed by atoms with Crippen molar-refractivity contribution in [2.45, 2.75) is 110 Å². The quantitative estimate of drug-likeness (QED) is 0.408. The number of hydrogen-bond donors (Lipinski definition) is 0. The number of ether oxygens (including phenoxy) is 2. The number of carbonyl (C=O) groups excluding carboxylic acids is 1. The molecule has 4 atom stereocenters. The van der Waals surface area contributed by atoms with Gasteiger partial charge in [0.25, 0.3) is 0 Å². The van der Waals surface area contributed by atoms with Gasteiger partial charge in [-0.2, -0.15) is 0 Å². The largest absolute Gasteiger partial charge is 0.456 e. The molecule has 0 spiro atoms. The third kappa shape index (κ3) is 4.04. The minimum absolute atomic E-state index is 0.0685. The molecule has 0 bridgehead atoms. The molecule has 24 heavy (non-hydrogen) atoms. The van der Waals surface area contributed by atoms with E-state index < -0.39 is 5.60 Å². The van der Waals surface area contributed by atoms with Crippen LogP contribution in [0.1, 0.15) is 92.4 Å². The predicted octanol–water partition coefficient (Wildman–Crippen LogP) is 5.57. The van der Waals surface area contributed by atoms with Gasteiger partial charge in [0, 0.05) is 6.42 Å². The third-order valence-electron chi connectivity index (χ3n) is 6.09. The lowest BCUT2D eigenvalue weighted by atomic mass is 9.82. The monoisotopic (exact) mass is 336 g/mol. The average molecular weight is 337 g/mol. The fourth-order valence-corrected chi connectivity index (χ4v) is 4.53. The van der Waals surface area contributed by atoms with Crippen LogP contribution >= 0.6 is 0 Å². The van der Waals surface area contributed by atoms with Crippen molar-refractivity contribution in [3.8, 4) is 0 Å². The maximum atomic E-state index is 11.7.